The molecule has 7 rings (SSSR count). The van der Waals surface area contributed by atoms with E-state index in [1.165, 1.54) is 24.8 Å². The predicted molar refractivity (Wildman–Crippen MR) is 184 cm³/mol. The summed E-state index contributed by atoms with van der Waals surface area (Å²) in [5, 5.41) is 7.35. The summed E-state index contributed by atoms with van der Waals surface area (Å²) in [5.74, 6) is 0.554. The van der Waals surface area contributed by atoms with Crippen LogP contribution in [0.15, 0.2) is 72.0 Å². The van der Waals surface area contributed by atoms with Gasteiger partial charge in [0.1, 0.15) is 11.9 Å². The third kappa shape index (κ3) is 6.30. The molecule has 0 aliphatic carbocycles. The number of H-pyrrole nitrogens is 1. The highest BCUT2D eigenvalue weighted by Gasteiger charge is 2.37. The molecule has 2 aromatic carbocycles. The molecule has 0 radical (unpaired) electrons. The van der Waals surface area contributed by atoms with Gasteiger partial charge in [0, 0.05) is 41.9 Å². The summed E-state index contributed by atoms with van der Waals surface area (Å²) < 4.78 is 4.75. The molecule has 2 amide bonds. The Hall–Kier alpha value is -4.83. The van der Waals surface area contributed by atoms with E-state index in [-0.39, 0.29) is 17.9 Å². The fraction of sp³-hybridized carbons (Fsp3) is 0.378. The molecule has 0 saturated carbocycles. The summed E-state index contributed by atoms with van der Waals surface area (Å²) in [5.41, 5.74) is 8.53. The number of alkyl carbamates (subject to hydrolysis) is 1. The number of benzene rings is 2. The molecule has 2 fully saturated rings. The number of pyridine rings is 1. The van der Waals surface area contributed by atoms with Gasteiger partial charge in [-0.1, -0.05) is 50.2 Å². The number of aromatic nitrogens is 3. The van der Waals surface area contributed by atoms with Crippen LogP contribution in [0, 0.1) is 5.92 Å². The maximum atomic E-state index is 13.5. The Morgan fingerprint density at radius 1 is 1.00 bits per heavy atom. The Kier molecular flexibility index (Phi) is 8.60. The SMILES string of the molecule is COC(=O)N[C@H](C(=O)N1CCC[C@H]1c1ncc(-c2ccc(-c3ccc4nc(C5=CN=C([C@@H]6CCCN6)C5)ccc4c3)cc2)[nH]1)C(C)C. The fourth-order valence-electron chi connectivity index (χ4n) is 6.96. The minimum absolute atomic E-state index is 0.0815. The number of nitrogens with one attached hydrogen (secondary N) is 3. The number of hydrogen-bond acceptors (Lipinski definition) is 7. The number of nitrogens with zero attached hydrogens (tertiary/aromatic N) is 4. The molecule has 3 aliphatic rings. The largest absolute Gasteiger partial charge is 0.453 e. The molecule has 0 spiro atoms. The molecule has 47 heavy (non-hydrogen) atoms. The molecule has 0 bridgehead atoms. The zero-order valence-electron chi connectivity index (χ0n) is 27.1. The van der Waals surface area contributed by atoms with Crippen molar-refractivity contribution in [3.05, 3.63) is 78.5 Å². The Morgan fingerprint density at radius 2 is 1.81 bits per heavy atom. The van der Waals surface area contributed by atoms with E-state index in [9.17, 15) is 9.59 Å². The first kappa shape index (κ1) is 30.8. The summed E-state index contributed by atoms with van der Waals surface area (Å²) in [6.07, 6.45) is 8.13. The van der Waals surface area contributed by atoms with Gasteiger partial charge in [-0.3, -0.25) is 9.79 Å². The first-order valence-corrected chi connectivity index (χ1v) is 16.6. The maximum Gasteiger partial charge on any atom is 0.407 e. The number of carbonyl (C=O) groups excluding carboxylic acids is 2. The van der Waals surface area contributed by atoms with E-state index in [0.717, 1.165) is 77.0 Å². The predicted octanol–water partition coefficient (Wildman–Crippen LogP) is 6.27. The first-order chi connectivity index (χ1) is 22.9. The molecule has 3 aliphatic heterocycles. The van der Waals surface area contributed by atoms with Gasteiger partial charge >= 0.3 is 6.09 Å². The molecule has 5 heterocycles. The van der Waals surface area contributed by atoms with Gasteiger partial charge in [-0.2, -0.15) is 0 Å². The van der Waals surface area contributed by atoms with Gasteiger partial charge in [-0.05, 0) is 73.0 Å². The highest BCUT2D eigenvalue weighted by molar-refractivity contribution is 6.01. The normalized spacial score (nSPS) is 20.0. The first-order valence-electron chi connectivity index (χ1n) is 16.6. The highest BCUT2D eigenvalue weighted by atomic mass is 16.5. The second kappa shape index (κ2) is 13.1. The lowest BCUT2D eigenvalue weighted by Gasteiger charge is -2.30. The summed E-state index contributed by atoms with van der Waals surface area (Å²) in [4.78, 5) is 45.0. The number of fused-ring (bicyclic) bond motifs is 1. The standard InChI is InChI=1S/C37H41N7O3/c1-22(2)34(43-37(46)47-3)36(45)44-17-5-7-33(44)35-40-21-32(42-35)24-10-8-23(9-11-24)25-12-14-28-26(18-25)13-15-29(41-28)27-19-31(39-20-27)30-6-4-16-38-30/h8-15,18,20-22,30,33-34,38H,4-7,16-17,19H2,1-3H3,(H,40,42)(H,43,46)/t30-,33-,34-/m0/s1. The van der Waals surface area contributed by atoms with E-state index in [2.05, 4.69) is 75.2 Å². The van der Waals surface area contributed by atoms with Crippen LogP contribution < -0.4 is 10.6 Å². The molecule has 0 unspecified atom stereocenters. The Labute approximate surface area is 274 Å². The number of imidazole rings is 1. The van der Waals surface area contributed by atoms with Gasteiger partial charge in [0.05, 0.1) is 36.3 Å². The second-order valence-electron chi connectivity index (χ2n) is 13.0. The summed E-state index contributed by atoms with van der Waals surface area (Å²) in [6.45, 7) is 5.52. The lowest BCUT2D eigenvalue weighted by atomic mass is 9.99. The highest BCUT2D eigenvalue weighted by Crippen LogP contribution is 2.34. The number of carbonyl (C=O) groups is 2. The van der Waals surface area contributed by atoms with E-state index in [0.29, 0.717) is 12.6 Å². The van der Waals surface area contributed by atoms with Crippen molar-refractivity contribution in [2.45, 2.75) is 64.1 Å². The number of hydrogen-bond donors (Lipinski definition) is 3. The van der Waals surface area contributed by atoms with E-state index >= 15 is 0 Å². The lowest BCUT2D eigenvalue weighted by Crippen LogP contribution is -2.51. The number of methoxy groups -OCH3 is 1. The topological polar surface area (TPSA) is 125 Å². The van der Waals surface area contributed by atoms with Crippen molar-refractivity contribution in [2.75, 3.05) is 20.2 Å². The van der Waals surface area contributed by atoms with Crippen LogP contribution in [-0.2, 0) is 9.53 Å². The van der Waals surface area contributed by atoms with Gasteiger partial charge in [0.2, 0.25) is 5.91 Å². The zero-order valence-corrected chi connectivity index (χ0v) is 27.1. The van der Waals surface area contributed by atoms with Gasteiger partial charge in [-0.15, -0.1) is 0 Å². The molecule has 3 N–H and O–H groups in total. The average molecular weight is 632 g/mol. The van der Waals surface area contributed by atoms with Crippen LogP contribution in [-0.4, -0.2) is 69.8 Å². The van der Waals surface area contributed by atoms with Gasteiger partial charge < -0.3 is 25.3 Å². The van der Waals surface area contributed by atoms with E-state index < -0.39 is 12.1 Å². The number of aliphatic imine (C=N–C) groups is 1. The quantitative estimate of drug-likeness (QED) is 0.211. The van der Waals surface area contributed by atoms with Crippen LogP contribution in [0.3, 0.4) is 0 Å². The molecule has 2 saturated heterocycles. The van der Waals surface area contributed by atoms with E-state index in [4.69, 9.17) is 14.7 Å². The van der Waals surface area contributed by atoms with Crippen LogP contribution >= 0.6 is 0 Å². The van der Waals surface area contributed by atoms with E-state index in [1.54, 1.807) is 0 Å². The molecule has 10 nitrogen and oxygen atoms in total. The van der Waals surface area contributed by atoms with Gasteiger partial charge in [0.25, 0.3) is 0 Å². The number of allylic oxidation sites excluding steroid dienone is 1. The Morgan fingerprint density at radius 3 is 2.57 bits per heavy atom. The molecular formula is C37H41N7O3. The van der Waals surface area contributed by atoms with Crippen molar-refractivity contribution in [3.8, 4) is 22.4 Å². The smallest absolute Gasteiger partial charge is 0.407 e. The van der Waals surface area contributed by atoms with Crippen molar-refractivity contribution in [1.82, 2.24) is 30.5 Å². The minimum atomic E-state index is -0.662. The number of amides is 2. The Balaban J connectivity index is 1.03. The van der Waals surface area contributed by atoms with Gasteiger partial charge in [0.15, 0.2) is 0 Å². The lowest BCUT2D eigenvalue weighted by molar-refractivity contribution is -0.135. The number of rotatable bonds is 8. The molecule has 4 aromatic rings. The second-order valence-corrected chi connectivity index (χ2v) is 13.0. The minimum Gasteiger partial charge on any atom is -0.453 e. The third-order valence-electron chi connectivity index (χ3n) is 9.61. The number of ether oxygens (including phenoxy) is 1. The monoisotopic (exact) mass is 631 g/mol. The van der Waals surface area contributed by atoms with Crippen molar-refractivity contribution in [3.63, 3.8) is 0 Å². The molecule has 2 aromatic heterocycles. The summed E-state index contributed by atoms with van der Waals surface area (Å²) in [7, 11) is 1.30. The molecule has 10 heteroatoms. The van der Waals surface area contributed by atoms with Crippen molar-refractivity contribution in [2.24, 2.45) is 10.9 Å². The van der Waals surface area contributed by atoms with Crippen molar-refractivity contribution < 1.29 is 14.3 Å². The van der Waals surface area contributed by atoms with Gasteiger partial charge in [-0.25, -0.2) is 14.8 Å². The van der Waals surface area contributed by atoms with Crippen molar-refractivity contribution in [1.29, 1.82) is 0 Å². The maximum absolute atomic E-state index is 13.5. The van der Waals surface area contributed by atoms with E-state index in [1.807, 2.05) is 31.1 Å². The zero-order chi connectivity index (χ0) is 32.5. The van der Waals surface area contributed by atoms with Crippen LogP contribution in [0.25, 0.3) is 38.9 Å². The number of likely N-dealkylation sites (tertiary alicyclic amines) is 1. The van der Waals surface area contributed by atoms with Crippen LogP contribution in [0.4, 0.5) is 4.79 Å². The third-order valence-corrected chi connectivity index (χ3v) is 9.61. The molecule has 3 atom stereocenters. The average Bonchev–Trinajstić information content (AvgIpc) is 3.93. The Bertz CT molecular complexity index is 1850. The van der Waals surface area contributed by atoms with Crippen molar-refractivity contribution >= 4 is 34.2 Å². The van der Waals surface area contributed by atoms with Crippen LogP contribution in [0.5, 0.6) is 0 Å². The van der Waals surface area contributed by atoms with Crippen LogP contribution in [0.2, 0.25) is 0 Å². The molecular weight excluding hydrogens is 590 g/mol. The molecule has 242 valence electrons. The van der Waals surface area contributed by atoms with Crippen LogP contribution in [0.1, 0.15) is 63.5 Å². The summed E-state index contributed by atoms with van der Waals surface area (Å²) >= 11 is 0. The number of aromatic amines is 1. The fourth-order valence-corrected chi connectivity index (χ4v) is 6.96. The summed E-state index contributed by atoms with van der Waals surface area (Å²) in [6, 6.07) is 18.7.